The fourth-order valence-electron chi connectivity index (χ4n) is 8.63. The number of anilines is 1. The molecule has 9 nitrogen and oxygen atoms in total. The monoisotopic (exact) mass is 765 g/mol. The number of rotatable bonds is 18. The molecule has 4 aliphatic rings. The van der Waals surface area contributed by atoms with E-state index >= 15 is 0 Å². The van der Waals surface area contributed by atoms with Crippen molar-refractivity contribution in [3.8, 4) is 11.5 Å². The summed E-state index contributed by atoms with van der Waals surface area (Å²) in [5.74, 6) is 1.69. The molecule has 3 saturated heterocycles. The van der Waals surface area contributed by atoms with Crippen molar-refractivity contribution in [2.75, 3.05) is 51.3 Å². The molecule has 278 valence electrons. The number of amides is 1. The average molecular weight is 767 g/mol. The number of nitrogens with one attached hydrogen (secondary N) is 2. The van der Waals surface area contributed by atoms with Gasteiger partial charge >= 0.3 is 0 Å². The van der Waals surface area contributed by atoms with Gasteiger partial charge in [-0.05, 0) is 73.1 Å². The lowest BCUT2D eigenvalue weighted by Gasteiger charge is -2.53. The van der Waals surface area contributed by atoms with Crippen LogP contribution in [0.15, 0.2) is 72.8 Å². The SMILES string of the molecule is CC(Cc1ccc(OCCC[N+]23CCC(CC2)[C@@H](OC[C@@](O)(c2ccccc2)C2CCCC2)C3)cc1)NC[C@H](O)c1ccc(O)c(NC=O)c1.[Br-]. The molecule has 51 heavy (non-hydrogen) atoms. The predicted molar refractivity (Wildman–Crippen MR) is 195 cm³/mol. The van der Waals surface area contributed by atoms with Crippen LogP contribution >= 0.6 is 0 Å². The minimum atomic E-state index is -0.911. The van der Waals surface area contributed by atoms with Crippen LogP contribution in [-0.4, -0.2) is 84.3 Å². The molecular formula is C41H56BrN3O6. The topological polar surface area (TPSA) is 120 Å². The van der Waals surface area contributed by atoms with Gasteiger partial charge in [0.2, 0.25) is 6.41 Å². The maximum atomic E-state index is 12.0. The summed E-state index contributed by atoms with van der Waals surface area (Å²) in [5, 5.41) is 38.3. The summed E-state index contributed by atoms with van der Waals surface area (Å²) in [6, 6.07) is 23.3. The van der Waals surface area contributed by atoms with Crippen molar-refractivity contribution in [3.63, 3.8) is 0 Å². The van der Waals surface area contributed by atoms with Gasteiger partial charge in [-0.2, -0.15) is 0 Å². The number of hydrogen-bond donors (Lipinski definition) is 5. The standard InChI is InChI=1S/C41H55N3O6.BrH/c1-30(42-26-39(47)33-14-17-38(46)37(25-33)43-29-45)24-31-12-15-36(16-13-31)49-23-7-20-44-21-18-32(19-22-44)40(27-44)50-28-41(48,35-10-5-6-11-35)34-8-3-2-4-9-34;/h2-4,8-9,12-17,25,29-30,32,35,39-40,42,47-48H,5-7,10-11,18-24,26-28H2,1H3,(H-,43,45,46);1H/t30?,32?,39-,40-,41+,44?;/m0./s1. The second-order valence-electron chi connectivity index (χ2n) is 15.1. The Morgan fingerprint density at radius 3 is 2.43 bits per heavy atom. The Bertz CT molecular complexity index is 1510. The number of carbonyl (C=O) groups excluding carboxylic acids is 1. The maximum absolute atomic E-state index is 12.0. The minimum absolute atomic E-state index is 0. The zero-order valence-corrected chi connectivity index (χ0v) is 31.5. The second kappa shape index (κ2) is 18.2. The molecule has 1 aliphatic carbocycles. The number of aliphatic hydroxyl groups excluding tert-OH is 1. The minimum Gasteiger partial charge on any atom is -1.00 e. The van der Waals surface area contributed by atoms with Crippen LogP contribution in [0, 0.1) is 11.8 Å². The van der Waals surface area contributed by atoms with Gasteiger partial charge in [-0.1, -0.05) is 61.4 Å². The molecule has 0 aromatic heterocycles. The molecule has 4 atom stereocenters. The molecule has 0 spiro atoms. The van der Waals surface area contributed by atoms with Gasteiger partial charge in [0.25, 0.3) is 0 Å². The number of piperidine rings is 3. The van der Waals surface area contributed by atoms with E-state index in [1.54, 1.807) is 12.1 Å². The van der Waals surface area contributed by atoms with Gasteiger partial charge in [0.15, 0.2) is 0 Å². The highest BCUT2D eigenvalue weighted by Gasteiger charge is 2.48. The molecule has 4 fully saturated rings. The Morgan fingerprint density at radius 2 is 1.73 bits per heavy atom. The Labute approximate surface area is 313 Å². The number of fused-ring (bicyclic) bond motifs is 3. The third kappa shape index (κ3) is 9.91. The number of phenolic OH excluding ortho intramolecular Hbond substituents is 1. The highest BCUT2D eigenvalue weighted by atomic mass is 79.9. The number of aromatic hydroxyl groups is 1. The van der Waals surface area contributed by atoms with E-state index in [1.165, 1.54) is 50.4 Å². The Morgan fingerprint density at radius 1 is 1.00 bits per heavy atom. The van der Waals surface area contributed by atoms with Crippen molar-refractivity contribution in [3.05, 3.63) is 89.5 Å². The predicted octanol–water partition coefficient (Wildman–Crippen LogP) is 2.69. The van der Waals surface area contributed by atoms with Crippen molar-refractivity contribution in [2.45, 2.75) is 82.1 Å². The maximum Gasteiger partial charge on any atom is 0.211 e. The number of quaternary nitrogens is 1. The third-order valence-electron chi connectivity index (χ3n) is 11.7. The van der Waals surface area contributed by atoms with Gasteiger partial charge in [-0.15, -0.1) is 0 Å². The number of nitrogens with zero attached hydrogens (tertiary/aromatic N) is 1. The van der Waals surface area contributed by atoms with E-state index in [0.29, 0.717) is 37.6 Å². The third-order valence-corrected chi connectivity index (χ3v) is 11.7. The fourth-order valence-corrected chi connectivity index (χ4v) is 8.63. The Balaban J connectivity index is 0.00000504. The summed E-state index contributed by atoms with van der Waals surface area (Å²) >= 11 is 0. The normalized spacial score (nSPS) is 23.9. The molecule has 2 bridgehead atoms. The molecule has 5 N–H and O–H groups in total. The van der Waals surface area contributed by atoms with E-state index in [-0.39, 0.29) is 46.5 Å². The van der Waals surface area contributed by atoms with Gasteiger partial charge in [0.05, 0.1) is 44.6 Å². The van der Waals surface area contributed by atoms with E-state index in [2.05, 4.69) is 41.8 Å². The summed E-state index contributed by atoms with van der Waals surface area (Å²) in [7, 11) is 0. The van der Waals surface area contributed by atoms with Crippen LogP contribution in [0.3, 0.4) is 0 Å². The smallest absolute Gasteiger partial charge is 0.211 e. The van der Waals surface area contributed by atoms with Gasteiger partial charge in [0.1, 0.15) is 29.7 Å². The molecule has 3 heterocycles. The fraction of sp³-hybridized carbons (Fsp3) is 0.537. The molecule has 0 radical (unpaired) electrons. The number of aliphatic hydroxyl groups is 2. The van der Waals surface area contributed by atoms with Crippen molar-refractivity contribution < 1.29 is 51.1 Å². The number of phenols is 1. The van der Waals surface area contributed by atoms with Crippen LogP contribution in [0.4, 0.5) is 5.69 Å². The molecular weight excluding hydrogens is 710 g/mol. The first-order valence-electron chi connectivity index (χ1n) is 18.7. The van der Waals surface area contributed by atoms with E-state index in [0.717, 1.165) is 54.6 Å². The molecule has 3 aromatic rings. The lowest BCUT2D eigenvalue weighted by Crippen LogP contribution is -3.00. The van der Waals surface area contributed by atoms with Gasteiger partial charge in [-0.25, -0.2) is 0 Å². The molecule has 1 saturated carbocycles. The first-order chi connectivity index (χ1) is 24.3. The first kappa shape index (κ1) is 39.2. The quantitative estimate of drug-likeness (QED) is 0.0585. The van der Waals surface area contributed by atoms with Gasteiger partial charge in [-0.3, -0.25) is 4.79 Å². The van der Waals surface area contributed by atoms with Crippen molar-refractivity contribution >= 4 is 12.1 Å². The highest BCUT2D eigenvalue weighted by Crippen LogP contribution is 2.42. The molecule has 3 aliphatic heterocycles. The Kier molecular flexibility index (Phi) is 14.0. The van der Waals surface area contributed by atoms with Crippen LogP contribution in [0.25, 0.3) is 0 Å². The highest BCUT2D eigenvalue weighted by molar-refractivity contribution is 5.75. The van der Waals surface area contributed by atoms with E-state index in [1.807, 2.05) is 30.3 Å². The zero-order valence-electron chi connectivity index (χ0n) is 29.9. The lowest BCUT2D eigenvalue weighted by molar-refractivity contribution is -0.946. The lowest BCUT2D eigenvalue weighted by atomic mass is 9.80. The summed E-state index contributed by atoms with van der Waals surface area (Å²) < 4.78 is 14.0. The number of ether oxygens (including phenoxy) is 2. The summed E-state index contributed by atoms with van der Waals surface area (Å²) in [6.45, 7) is 8.04. The van der Waals surface area contributed by atoms with Crippen molar-refractivity contribution in [1.82, 2.24) is 5.32 Å². The summed E-state index contributed by atoms with van der Waals surface area (Å²) in [5.41, 5.74) is 2.16. The first-order valence-corrected chi connectivity index (χ1v) is 18.7. The number of carbonyl (C=O) groups is 1. The van der Waals surface area contributed by atoms with Crippen LogP contribution in [-0.2, 0) is 21.6 Å². The molecule has 1 unspecified atom stereocenters. The molecule has 7 rings (SSSR count). The zero-order chi connectivity index (χ0) is 35.0. The number of benzene rings is 3. The molecule has 10 heteroatoms. The van der Waals surface area contributed by atoms with Gasteiger partial charge in [0, 0.05) is 37.8 Å². The van der Waals surface area contributed by atoms with E-state index in [9.17, 15) is 20.1 Å². The molecule has 3 aromatic carbocycles. The van der Waals surface area contributed by atoms with Crippen molar-refractivity contribution in [2.24, 2.45) is 11.8 Å². The largest absolute Gasteiger partial charge is 1.00 e. The number of halogens is 1. The van der Waals surface area contributed by atoms with E-state index < -0.39 is 11.7 Å². The Hall–Kier alpha value is -2.99. The van der Waals surface area contributed by atoms with Crippen LogP contribution in [0.1, 0.15) is 74.7 Å². The van der Waals surface area contributed by atoms with E-state index in [4.69, 9.17) is 9.47 Å². The summed E-state index contributed by atoms with van der Waals surface area (Å²) in [6.07, 6.45) is 8.63. The number of hydrogen-bond acceptors (Lipinski definition) is 7. The van der Waals surface area contributed by atoms with Crippen LogP contribution in [0.5, 0.6) is 11.5 Å². The van der Waals surface area contributed by atoms with Gasteiger partial charge < -0.3 is 56.9 Å². The van der Waals surface area contributed by atoms with Crippen LogP contribution < -0.4 is 32.4 Å². The van der Waals surface area contributed by atoms with Crippen LogP contribution in [0.2, 0.25) is 0 Å². The summed E-state index contributed by atoms with van der Waals surface area (Å²) in [4.78, 5) is 10.8. The molecule has 1 amide bonds. The average Bonchev–Trinajstić information content (AvgIpc) is 3.70. The second-order valence-corrected chi connectivity index (χ2v) is 15.1. The van der Waals surface area contributed by atoms with Crippen molar-refractivity contribution in [1.29, 1.82) is 0 Å².